The molecule has 0 heterocycles. The fraction of sp³-hybridized carbons (Fsp3) is 0.133. The number of nitrogens with zero attached hydrogens (tertiary/aromatic N) is 2. The summed E-state index contributed by atoms with van der Waals surface area (Å²) in [7, 11) is 4.05. The van der Waals surface area contributed by atoms with Crippen LogP contribution in [0.1, 0.15) is 5.56 Å². The second-order valence-electron chi connectivity index (χ2n) is 4.22. The summed E-state index contributed by atoms with van der Waals surface area (Å²) in [6, 6.07) is 18.1. The number of nitrogens with one attached hydrogen (secondary N) is 1. The molecule has 0 aliphatic carbocycles. The fourth-order valence-corrected chi connectivity index (χ4v) is 1.55. The number of hydrazone groups is 1. The summed E-state index contributed by atoms with van der Waals surface area (Å²) < 4.78 is 0. The van der Waals surface area contributed by atoms with Crippen molar-refractivity contribution in [2.45, 2.75) is 0 Å². The first-order valence-corrected chi connectivity index (χ1v) is 5.87. The minimum absolute atomic E-state index is 0.979. The number of hydrogen-bond acceptors (Lipinski definition) is 3. The van der Waals surface area contributed by atoms with Crippen molar-refractivity contribution < 1.29 is 0 Å². The molecule has 0 saturated heterocycles. The smallest absolute Gasteiger partial charge is 0.0563 e. The molecule has 0 radical (unpaired) electrons. The Morgan fingerprint density at radius 1 is 0.944 bits per heavy atom. The third kappa shape index (κ3) is 3.35. The zero-order chi connectivity index (χ0) is 12.8. The molecule has 92 valence electrons. The second-order valence-corrected chi connectivity index (χ2v) is 4.22. The van der Waals surface area contributed by atoms with Gasteiger partial charge in [-0.25, -0.2) is 0 Å². The first kappa shape index (κ1) is 12.2. The zero-order valence-electron chi connectivity index (χ0n) is 10.7. The maximum Gasteiger partial charge on any atom is 0.0563 e. The van der Waals surface area contributed by atoms with Gasteiger partial charge in [-0.3, -0.25) is 5.43 Å². The van der Waals surface area contributed by atoms with Gasteiger partial charge in [0, 0.05) is 19.8 Å². The van der Waals surface area contributed by atoms with Crippen LogP contribution in [-0.4, -0.2) is 20.3 Å². The molecular formula is C15H17N3. The van der Waals surface area contributed by atoms with Crippen LogP contribution in [0, 0.1) is 0 Å². The van der Waals surface area contributed by atoms with Crippen LogP contribution in [0.5, 0.6) is 0 Å². The Balaban J connectivity index is 1.96. The predicted octanol–water partition coefficient (Wildman–Crippen LogP) is 3.20. The normalized spacial score (nSPS) is 10.6. The van der Waals surface area contributed by atoms with Crippen LogP contribution < -0.4 is 10.3 Å². The molecule has 0 aliphatic rings. The van der Waals surface area contributed by atoms with E-state index in [0.29, 0.717) is 0 Å². The monoisotopic (exact) mass is 239 g/mol. The third-order valence-electron chi connectivity index (χ3n) is 2.59. The van der Waals surface area contributed by atoms with Crippen molar-refractivity contribution in [3.05, 3.63) is 60.2 Å². The summed E-state index contributed by atoms with van der Waals surface area (Å²) >= 11 is 0. The lowest BCUT2D eigenvalue weighted by molar-refractivity contribution is 1.13. The number of rotatable bonds is 4. The average Bonchev–Trinajstić information content (AvgIpc) is 2.40. The van der Waals surface area contributed by atoms with Crippen LogP contribution in [0.2, 0.25) is 0 Å². The molecule has 0 atom stereocenters. The molecular weight excluding hydrogens is 222 g/mol. The van der Waals surface area contributed by atoms with Crippen LogP contribution in [0.15, 0.2) is 59.7 Å². The molecule has 18 heavy (non-hydrogen) atoms. The maximum absolute atomic E-state index is 4.20. The van der Waals surface area contributed by atoms with Crippen LogP contribution in [0.25, 0.3) is 0 Å². The standard InChI is InChI=1S/C15H17N3/c1-18(2)15-10-8-14(9-11-15)17-16-12-13-6-4-3-5-7-13/h3-12,17H,1-2H3. The molecule has 0 fully saturated rings. The largest absolute Gasteiger partial charge is 0.378 e. The van der Waals surface area contributed by atoms with E-state index in [9.17, 15) is 0 Å². The number of anilines is 2. The molecule has 2 rings (SSSR count). The van der Waals surface area contributed by atoms with Crippen molar-refractivity contribution in [3.63, 3.8) is 0 Å². The van der Waals surface area contributed by atoms with Gasteiger partial charge in [-0.05, 0) is 29.8 Å². The zero-order valence-corrected chi connectivity index (χ0v) is 10.7. The predicted molar refractivity (Wildman–Crippen MR) is 78.4 cm³/mol. The summed E-state index contributed by atoms with van der Waals surface area (Å²) in [6.45, 7) is 0. The lowest BCUT2D eigenvalue weighted by Gasteiger charge is -2.12. The first-order chi connectivity index (χ1) is 8.75. The van der Waals surface area contributed by atoms with Gasteiger partial charge in [-0.2, -0.15) is 5.10 Å². The van der Waals surface area contributed by atoms with Crippen molar-refractivity contribution in [1.29, 1.82) is 0 Å². The highest BCUT2D eigenvalue weighted by atomic mass is 15.3. The minimum Gasteiger partial charge on any atom is -0.378 e. The van der Waals surface area contributed by atoms with Gasteiger partial charge in [-0.1, -0.05) is 30.3 Å². The Bertz CT molecular complexity index is 501. The molecule has 1 N–H and O–H groups in total. The van der Waals surface area contributed by atoms with Crippen LogP contribution in [0.3, 0.4) is 0 Å². The van der Waals surface area contributed by atoms with E-state index < -0.39 is 0 Å². The molecule has 2 aromatic carbocycles. The third-order valence-corrected chi connectivity index (χ3v) is 2.59. The molecule has 2 aromatic rings. The molecule has 0 bridgehead atoms. The van der Waals surface area contributed by atoms with Gasteiger partial charge >= 0.3 is 0 Å². The first-order valence-electron chi connectivity index (χ1n) is 5.87. The Kier molecular flexibility index (Phi) is 3.97. The highest BCUT2D eigenvalue weighted by Gasteiger charge is 1.94. The van der Waals surface area contributed by atoms with Crippen molar-refractivity contribution in [3.8, 4) is 0 Å². The van der Waals surface area contributed by atoms with E-state index in [-0.39, 0.29) is 0 Å². The van der Waals surface area contributed by atoms with Gasteiger partial charge in [0.2, 0.25) is 0 Å². The van der Waals surface area contributed by atoms with E-state index in [1.54, 1.807) is 6.21 Å². The topological polar surface area (TPSA) is 27.6 Å². The molecule has 0 aromatic heterocycles. The fourth-order valence-electron chi connectivity index (χ4n) is 1.55. The molecule has 3 heteroatoms. The highest BCUT2D eigenvalue weighted by molar-refractivity contribution is 5.80. The Morgan fingerprint density at radius 3 is 2.22 bits per heavy atom. The van der Waals surface area contributed by atoms with Gasteiger partial charge < -0.3 is 4.90 Å². The van der Waals surface area contributed by atoms with Crippen molar-refractivity contribution >= 4 is 17.6 Å². The second kappa shape index (κ2) is 5.87. The van der Waals surface area contributed by atoms with Gasteiger partial charge in [-0.15, -0.1) is 0 Å². The van der Waals surface area contributed by atoms with Gasteiger partial charge in [0.25, 0.3) is 0 Å². The van der Waals surface area contributed by atoms with Gasteiger partial charge in [0.05, 0.1) is 11.9 Å². The van der Waals surface area contributed by atoms with E-state index in [0.717, 1.165) is 11.3 Å². The maximum atomic E-state index is 4.20. The molecule has 0 spiro atoms. The summed E-state index contributed by atoms with van der Waals surface area (Å²) in [4.78, 5) is 2.07. The summed E-state index contributed by atoms with van der Waals surface area (Å²) in [6.07, 6.45) is 1.81. The van der Waals surface area contributed by atoms with E-state index in [1.165, 1.54) is 5.69 Å². The van der Waals surface area contributed by atoms with Gasteiger partial charge in [0.1, 0.15) is 0 Å². The molecule has 0 amide bonds. The quantitative estimate of drug-likeness (QED) is 0.655. The van der Waals surface area contributed by atoms with Crippen molar-refractivity contribution in [2.24, 2.45) is 5.10 Å². The molecule has 0 saturated carbocycles. The molecule has 0 unspecified atom stereocenters. The molecule has 3 nitrogen and oxygen atoms in total. The lowest BCUT2D eigenvalue weighted by Crippen LogP contribution is -2.08. The SMILES string of the molecule is CN(C)c1ccc(NN=Cc2ccccc2)cc1. The van der Waals surface area contributed by atoms with E-state index in [4.69, 9.17) is 0 Å². The Labute approximate surface area is 108 Å². The highest BCUT2D eigenvalue weighted by Crippen LogP contribution is 2.15. The van der Waals surface area contributed by atoms with E-state index in [2.05, 4.69) is 27.6 Å². The van der Waals surface area contributed by atoms with Crippen molar-refractivity contribution in [1.82, 2.24) is 0 Å². The summed E-state index contributed by atoms with van der Waals surface area (Å²) in [5.41, 5.74) is 6.24. The van der Waals surface area contributed by atoms with E-state index in [1.807, 2.05) is 56.6 Å². The minimum atomic E-state index is 0.979. The van der Waals surface area contributed by atoms with E-state index >= 15 is 0 Å². The van der Waals surface area contributed by atoms with Crippen LogP contribution >= 0.6 is 0 Å². The summed E-state index contributed by atoms with van der Waals surface area (Å²) in [5, 5.41) is 4.20. The van der Waals surface area contributed by atoms with Crippen molar-refractivity contribution in [2.75, 3.05) is 24.4 Å². The number of hydrogen-bond donors (Lipinski definition) is 1. The average molecular weight is 239 g/mol. The van der Waals surface area contributed by atoms with Crippen LogP contribution in [-0.2, 0) is 0 Å². The molecule has 0 aliphatic heterocycles. The number of benzene rings is 2. The lowest BCUT2D eigenvalue weighted by atomic mass is 10.2. The van der Waals surface area contributed by atoms with Crippen LogP contribution in [0.4, 0.5) is 11.4 Å². The Hall–Kier alpha value is -2.29. The Morgan fingerprint density at radius 2 is 1.61 bits per heavy atom. The van der Waals surface area contributed by atoms with Gasteiger partial charge in [0.15, 0.2) is 0 Å². The summed E-state index contributed by atoms with van der Waals surface area (Å²) in [5.74, 6) is 0.